The second kappa shape index (κ2) is 16.5. The van der Waals surface area contributed by atoms with Crippen LogP contribution in [-0.4, -0.2) is 85.2 Å². The normalized spacial score (nSPS) is 17.7. The fraction of sp³-hybridized carbons (Fsp3) is 0.444. The van der Waals surface area contributed by atoms with Crippen molar-refractivity contribution >= 4 is 12.0 Å². The van der Waals surface area contributed by atoms with E-state index < -0.39 is 18.3 Å². The van der Waals surface area contributed by atoms with Gasteiger partial charge in [-0.15, -0.1) is 0 Å². The molecule has 2 atom stereocenters. The van der Waals surface area contributed by atoms with Gasteiger partial charge in [0.25, 0.3) is 0 Å². The Morgan fingerprint density at radius 1 is 0.870 bits per heavy atom. The molecule has 0 bridgehead atoms. The van der Waals surface area contributed by atoms with Crippen molar-refractivity contribution < 1.29 is 27.8 Å². The van der Waals surface area contributed by atoms with Gasteiger partial charge in [0.1, 0.15) is 30.4 Å². The third-order valence-electron chi connectivity index (χ3n) is 8.88. The number of carbonyl (C=O) groups excluding carboxylic acids is 2. The van der Waals surface area contributed by atoms with Crippen LogP contribution in [-0.2, 0) is 22.7 Å². The minimum atomic E-state index is -1.09. The van der Waals surface area contributed by atoms with Crippen LogP contribution in [0.5, 0.6) is 5.75 Å². The van der Waals surface area contributed by atoms with Crippen molar-refractivity contribution in [1.82, 2.24) is 20.0 Å². The van der Waals surface area contributed by atoms with E-state index in [0.29, 0.717) is 82.1 Å². The van der Waals surface area contributed by atoms with Crippen LogP contribution < -0.4 is 10.1 Å². The highest BCUT2D eigenvalue weighted by molar-refractivity contribution is 5.86. The summed E-state index contributed by atoms with van der Waals surface area (Å²) >= 11 is 0. The standard InChI is InChI=1S/C36H44F2N4O4/c1-2-45-33-15-9-14-31(37)30(33)24-41-20-22-42(23-21-41)35(43)34(39-36(44)46-26-27-10-5-3-6-11-27)29-16-18-40(19-17-29)25-32(38)28-12-7-4-8-13-28/h3-15,29,32,34H,2,16-26H2,1H3,(H,39,44)/t32?,34-/m1/s1. The van der Waals surface area contributed by atoms with Gasteiger partial charge in [-0.2, -0.15) is 0 Å². The van der Waals surface area contributed by atoms with Crippen molar-refractivity contribution in [3.8, 4) is 5.75 Å². The zero-order valence-corrected chi connectivity index (χ0v) is 26.5. The Morgan fingerprint density at radius 3 is 2.22 bits per heavy atom. The SMILES string of the molecule is CCOc1cccc(F)c1CN1CCN(C(=O)[C@H](NC(=O)OCc2ccccc2)C2CCN(CC(F)c3ccccc3)CC2)CC1. The van der Waals surface area contributed by atoms with Crippen molar-refractivity contribution in [1.29, 1.82) is 0 Å². The smallest absolute Gasteiger partial charge is 0.408 e. The number of nitrogens with zero attached hydrogens (tertiary/aromatic N) is 3. The van der Waals surface area contributed by atoms with E-state index in [9.17, 15) is 18.4 Å². The molecule has 246 valence electrons. The maximum atomic E-state index is 15.0. The number of halogens is 2. The zero-order chi connectivity index (χ0) is 32.3. The number of nitrogens with one attached hydrogen (secondary N) is 1. The number of piperazine rings is 1. The summed E-state index contributed by atoms with van der Waals surface area (Å²) in [4.78, 5) is 32.9. The van der Waals surface area contributed by atoms with E-state index in [4.69, 9.17) is 9.47 Å². The molecule has 2 amide bonds. The van der Waals surface area contributed by atoms with E-state index in [-0.39, 0.29) is 30.8 Å². The summed E-state index contributed by atoms with van der Waals surface area (Å²) in [6.07, 6.45) is -0.444. The number of alkyl halides is 1. The fourth-order valence-electron chi connectivity index (χ4n) is 6.27. The van der Waals surface area contributed by atoms with E-state index in [2.05, 4.69) is 15.1 Å². The minimum absolute atomic E-state index is 0.0991. The molecule has 0 saturated carbocycles. The maximum absolute atomic E-state index is 15.0. The summed E-state index contributed by atoms with van der Waals surface area (Å²) in [5, 5.41) is 2.89. The average Bonchev–Trinajstić information content (AvgIpc) is 3.09. The Hall–Kier alpha value is -4.02. The van der Waals surface area contributed by atoms with E-state index in [0.717, 1.165) is 5.56 Å². The van der Waals surface area contributed by atoms with Gasteiger partial charge < -0.3 is 24.6 Å². The first-order chi connectivity index (χ1) is 22.4. The Morgan fingerprint density at radius 2 is 1.54 bits per heavy atom. The molecule has 0 aromatic heterocycles. The summed E-state index contributed by atoms with van der Waals surface area (Å²) in [5.74, 6) is -0.0401. The molecule has 2 saturated heterocycles. The number of likely N-dealkylation sites (tertiary alicyclic amines) is 1. The number of piperidine rings is 1. The molecular weight excluding hydrogens is 590 g/mol. The third kappa shape index (κ3) is 9.04. The molecule has 0 spiro atoms. The van der Waals surface area contributed by atoms with E-state index in [1.807, 2.05) is 55.5 Å². The highest BCUT2D eigenvalue weighted by Gasteiger charge is 2.37. The minimum Gasteiger partial charge on any atom is -0.493 e. The first kappa shape index (κ1) is 33.3. The quantitative estimate of drug-likeness (QED) is 0.280. The van der Waals surface area contributed by atoms with Gasteiger partial charge in [0.05, 0.1) is 6.61 Å². The Kier molecular flexibility index (Phi) is 12.0. The predicted octanol–water partition coefficient (Wildman–Crippen LogP) is 5.59. The van der Waals surface area contributed by atoms with Crippen molar-refractivity contribution in [2.24, 2.45) is 5.92 Å². The summed E-state index contributed by atoms with van der Waals surface area (Å²) in [7, 11) is 0. The lowest BCUT2D eigenvalue weighted by molar-refractivity contribution is -0.137. The van der Waals surface area contributed by atoms with Crippen LogP contribution in [0.4, 0.5) is 13.6 Å². The number of benzene rings is 3. The van der Waals surface area contributed by atoms with Gasteiger partial charge in [-0.1, -0.05) is 66.7 Å². The van der Waals surface area contributed by atoms with Crippen molar-refractivity contribution in [2.75, 3.05) is 52.4 Å². The molecule has 1 unspecified atom stereocenters. The first-order valence-corrected chi connectivity index (χ1v) is 16.2. The number of carbonyl (C=O) groups is 2. The number of rotatable bonds is 12. The largest absolute Gasteiger partial charge is 0.493 e. The summed E-state index contributed by atoms with van der Waals surface area (Å²) in [5.41, 5.74) is 2.02. The molecule has 3 aromatic carbocycles. The van der Waals surface area contributed by atoms with Crippen LogP contribution in [0.3, 0.4) is 0 Å². The van der Waals surface area contributed by atoms with Gasteiger partial charge in [0.2, 0.25) is 5.91 Å². The number of hydrogen-bond acceptors (Lipinski definition) is 6. The Labute approximate surface area is 270 Å². The zero-order valence-electron chi connectivity index (χ0n) is 26.5. The van der Waals surface area contributed by atoms with Gasteiger partial charge in [-0.25, -0.2) is 13.6 Å². The highest BCUT2D eigenvalue weighted by atomic mass is 19.1. The first-order valence-electron chi connectivity index (χ1n) is 16.2. The molecular formula is C36H44F2N4O4. The van der Waals surface area contributed by atoms with Crippen molar-refractivity contribution in [2.45, 2.75) is 45.1 Å². The number of ether oxygens (including phenoxy) is 2. The summed E-state index contributed by atoms with van der Waals surface area (Å²) < 4.78 is 40.8. The van der Waals surface area contributed by atoms with Gasteiger partial charge in [0.15, 0.2) is 0 Å². The molecule has 3 aromatic rings. The lowest BCUT2D eigenvalue weighted by Crippen LogP contribution is -2.58. The molecule has 2 aliphatic rings. The lowest BCUT2D eigenvalue weighted by Gasteiger charge is -2.40. The maximum Gasteiger partial charge on any atom is 0.408 e. The summed E-state index contributed by atoms with van der Waals surface area (Å²) in [6, 6.07) is 22.6. The molecule has 2 heterocycles. The number of alkyl carbamates (subject to hydrolysis) is 1. The van der Waals surface area contributed by atoms with Crippen LogP contribution >= 0.6 is 0 Å². The second-order valence-electron chi connectivity index (χ2n) is 12.0. The van der Waals surface area contributed by atoms with E-state index in [1.165, 1.54) is 6.07 Å². The molecule has 0 aliphatic carbocycles. The molecule has 5 rings (SSSR count). The number of hydrogen-bond donors (Lipinski definition) is 1. The van der Waals surface area contributed by atoms with Gasteiger partial charge >= 0.3 is 6.09 Å². The van der Waals surface area contributed by atoms with Crippen LogP contribution in [0.2, 0.25) is 0 Å². The molecule has 8 nitrogen and oxygen atoms in total. The molecule has 2 fully saturated rings. The fourth-order valence-corrected chi connectivity index (χ4v) is 6.27. The monoisotopic (exact) mass is 634 g/mol. The van der Waals surface area contributed by atoms with Gasteiger partial charge in [0, 0.05) is 44.8 Å². The van der Waals surface area contributed by atoms with Gasteiger partial charge in [-0.3, -0.25) is 9.69 Å². The van der Waals surface area contributed by atoms with E-state index >= 15 is 0 Å². The summed E-state index contributed by atoms with van der Waals surface area (Å²) in [6.45, 7) is 6.37. The third-order valence-corrected chi connectivity index (χ3v) is 8.88. The molecule has 1 N–H and O–H groups in total. The Balaban J connectivity index is 1.20. The topological polar surface area (TPSA) is 74.3 Å². The van der Waals surface area contributed by atoms with E-state index in [1.54, 1.807) is 29.2 Å². The Bertz CT molecular complexity index is 1400. The molecule has 2 aliphatic heterocycles. The molecule has 10 heteroatoms. The van der Waals surface area contributed by atoms with Crippen LogP contribution in [0.25, 0.3) is 0 Å². The predicted molar refractivity (Wildman–Crippen MR) is 172 cm³/mol. The average molecular weight is 635 g/mol. The molecule has 0 radical (unpaired) electrons. The van der Waals surface area contributed by atoms with Gasteiger partial charge in [-0.05, 0) is 62.0 Å². The second-order valence-corrected chi connectivity index (χ2v) is 12.0. The van der Waals surface area contributed by atoms with Crippen molar-refractivity contribution in [3.63, 3.8) is 0 Å². The lowest BCUT2D eigenvalue weighted by atomic mass is 9.88. The van der Waals surface area contributed by atoms with Crippen LogP contribution in [0.1, 0.15) is 42.6 Å². The van der Waals surface area contributed by atoms with Crippen LogP contribution in [0, 0.1) is 11.7 Å². The molecule has 46 heavy (non-hydrogen) atoms. The van der Waals surface area contributed by atoms with Crippen LogP contribution in [0.15, 0.2) is 78.9 Å². The highest BCUT2D eigenvalue weighted by Crippen LogP contribution is 2.27. The van der Waals surface area contributed by atoms with Crippen molar-refractivity contribution in [3.05, 3.63) is 101 Å². The number of amides is 2.